The molecule has 0 saturated heterocycles. The number of rotatable bonds is 4. The van der Waals surface area contributed by atoms with Gasteiger partial charge in [-0.15, -0.1) is 0 Å². The van der Waals surface area contributed by atoms with Crippen molar-refractivity contribution < 1.29 is 0 Å². The normalized spacial score (nSPS) is 13.2. The number of para-hydroxylation sites is 4. The van der Waals surface area contributed by atoms with Gasteiger partial charge in [-0.2, -0.15) is 0 Å². The smallest absolute Gasteiger partial charge is 0.188 e. The van der Waals surface area contributed by atoms with Crippen LogP contribution in [0, 0.1) is 6.57 Å². The highest BCUT2D eigenvalue weighted by Gasteiger charge is 2.52. The highest BCUT2D eigenvalue weighted by atomic mass is 32.2. The lowest BCUT2D eigenvalue weighted by molar-refractivity contribution is 0.718. The Balaban J connectivity index is 0.910. The second kappa shape index (κ2) is 15.0. The van der Waals surface area contributed by atoms with Crippen molar-refractivity contribution in [3.63, 3.8) is 0 Å². The Morgan fingerprint density at radius 3 is 1.56 bits per heavy atom. The number of benzene rings is 8. The van der Waals surface area contributed by atoms with Gasteiger partial charge in [-0.3, -0.25) is 15.0 Å². The van der Waals surface area contributed by atoms with E-state index in [1.807, 2.05) is 48.7 Å². The average molecular weight is 948 g/mol. The molecule has 0 unspecified atom stereocenters. The molecule has 16 rings (SSSR count). The maximum absolute atomic E-state index is 7.82. The van der Waals surface area contributed by atoms with Gasteiger partial charge in [0.1, 0.15) is 0 Å². The second-order valence-electron chi connectivity index (χ2n) is 19.0. The summed E-state index contributed by atoms with van der Waals surface area (Å²) in [6.07, 6.45) is 7.69. The van der Waals surface area contributed by atoms with Crippen molar-refractivity contribution in [2.75, 3.05) is 0 Å². The topological polar surface area (TPSA) is 57.8 Å². The first-order valence-corrected chi connectivity index (χ1v) is 25.2. The molecule has 1 aliphatic heterocycles. The van der Waals surface area contributed by atoms with Gasteiger partial charge in [0, 0.05) is 61.0 Å². The van der Waals surface area contributed by atoms with Crippen molar-refractivity contribution in [1.29, 1.82) is 0 Å². The average Bonchev–Trinajstić information content (AvgIpc) is 4.17. The molecule has 73 heavy (non-hydrogen) atoms. The third-order valence-corrected chi connectivity index (χ3v) is 16.7. The SMILES string of the molecule is [C-]#[N+]c1ccc2c(c1)c1ccccc1n2-c1ccc2c(c1)C1(c3cc(-c4ccc5c(c4)c4ccccc4n5-c4cnccc4-n4c5ccccc5c5ccccc54)ccc3S2)c2cccnc2-c2ncccc21. The first kappa shape index (κ1) is 40.2. The highest BCUT2D eigenvalue weighted by Crippen LogP contribution is 2.62. The van der Waals surface area contributed by atoms with Crippen molar-refractivity contribution in [3.05, 3.63) is 259 Å². The Labute approximate surface area is 422 Å². The summed E-state index contributed by atoms with van der Waals surface area (Å²) in [4.78, 5) is 21.1. The number of nitrogens with zero attached hydrogens (tertiary/aromatic N) is 7. The zero-order valence-corrected chi connectivity index (χ0v) is 39.7. The minimum atomic E-state index is -0.727. The first-order valence-electron chi connectivity index (χ1n) is 24.4. The fraction of sp³-hybridized carbons (Fsp3) is 0.0154. The van der Waals surface area contributed by atoms with E-state index in [0.717, 1.165) is 94.6 Å². The van der Waals surface area contributed by atoms with Gasteiger partial charge < -0.3 is 13.7 Å². The van der Waals surface area contributed by atoms with Gasteiger partial charge in [-0.25, -0.2) is 4.85 Å². The van der Waals surface area contributed by atoms with Crippen LogP contribution >= 0.6 is 11.8 Å². The van der Waals surface area contributed by atoms with Crippen molar-refractivity contribution in [2.45, 2.75) is 15.2 Å². The van der Waals surface area contributed by atoms with Crippen molar-refractivity contribution in [1.82, 2.24) is 28.7 Å². The van der Waals surface area contributed by atoms with E-state index in [4.69, 9.17) is 21.5 Å². The molecule has 0 N–H and O–H groups in total. The van der Waals surface area contributed by atoms with Gasteiger partial charge in [0.15, 0.2) is 5.69 Å². The van der Waals surface area contributed by atoms with E-state index in [2.05, 4.69) is 207 Å². The van der Waals surface area contributed by atoms with E-state index in [1.165, 1.54) is 42.5 Å². The molecule has 8 heteroatoms. The summed E-state index contributed by atoms with van der Waals surface area (Å²) in [6.45, 7) is 7.82. The van der Waals surface area contributed by atoms with Gasteiger partial charge in [-0.05, 0) is 136 Å². The Morgan fingerprint density at radius 2 is 0.904 bits per heavy atom. The van der Waals surface area contributed by atoms with Crippen LogP contribution in [-0.4, -0.2) is 28.7 Å². The van der Waals surface area contributed by atoms with Crippen LogP contribution in [0.25, 0.3) is 110 Å². The van der Waals surface area contributed by atoms with Gasteiger partial charge in [-0.1, -0.05) is 115 Å². The minimum Gasteiger partial charge on any atom is -0.309 e. The number of aromatic nitrogens is 6. The lowest BCUT2D eigenvalue weighted by atomic mass is 9.67. The minimum absolute atomic E-state index is 0.630. The maximum Gasteiger partial charge on any atom is 0.188 e. The van der Waals surface area contributed by atoms with Gasteiger partial charge in [0.05, 0.1) is 74.0 Å². The molecular weight excluding hydrogens is 911 g/mol. The largest absolute Gasteiger partial charge is 0.309 e. The van der Waals surface area contributed by atoms with Crippen LogP contribution in [-0.2, 0) is 5.41 Å². The quantitative estimate of drug-likeness (QED) is 0.165. The van der Waals surface area contributed by atoms with E-state index < -0.39 is 5.41 Å². The monoisotopic (exact) mass is 947 g/mol. The summed E-state index contributed by atoms with van der Waals surface area (Å²) in [5, 5.41) is 6.97. The summed E-state index contributed by atoms with van der Waals surface area (Å²) < 4.78 is 7.13. The van der Waals surface area contributed by atoms with Crippen molar-refractivity contribution in [2.24, 2.45) is 0 Å². The van der Waals surface area contributed by atoms with Crippen LogP contribution < -0.4 is 0 Å². The molecule has 2 aliphatic rings. The Hall–Kier alpha value is -9.55. The molecule has 0 saturated carbocycles. The highest BCUT2D eigenvalue weighted by molar-refractivity contribution is 7.99. The molecule has 0 radical (unpaired) electrons. The molecule has 1 spiro atoms. The summed E-state index contributed by atoms with van der Waals surface area (Å²) in [5.41, 5.74) is 18.5. The molecule has 0 amide bonds. The van der Waals surface area contributed by atoms with Gasteiger partial charge >= 0.3 is 0 Å². The molecule has 7 heterocycles. The van der Waals surface area contributed by atoms with Gasteiger partial charge in [0.25, 0.3) is 0 Å². The molecule has 6 aromatic heterocycles. The maximum atomic E-state index is 7.82. The molecule has 0 atom stereocenters. The van der Waals surface area contributed by atoms with Crippen LogP contribution in [0.4, 0.5) is 5.69 Å². The van der Waals surface area contributed by atoms with Crippen LogP contribution in [0.2, 0.25) is 0 Å². The second-order valence-corrected chi connectivity index (χ2v) is 20.1. The molecule has 14 aromatic rings. The number of hydrogen-bond acceptors (Lipinski definition) is 4. The van der Waals surface area contributed by atoms with Crippen LogP contribution in [0.5, 0.6) is 0 Å². The fourth-order valence-electron chi connectivity index (χ4n) is 12.6. The lowest BCUT2D eigenvalue weighted by Crippen LogP contribution is -2.32. The fourth-order valence-corrected chi connectivity index (χ4v) is 13.7. The number of pyridine rings is 3. The van der Waals surface area contributed by atoms with Crippen LogP contribution in [0.1, 0.15) is 22.3 Å². The van der Waals surface area contributed by atoms with E-state index >= 15 is 0 Å². The summed E-state index contributed by atoms with van der Waals surface area (Å²) >= 11 is 1.83. The summed E-state index contributed by atoms with van der Waals surface area (Å²) in [5.74, 6) is 0. The number of fused-ring (bicyclic) bond motifs is 18. The van der Waals surface area contributed by atoms with Crippen molar-refractivity contribution in [3.8, 4) is 39.6 Å². The molecule has 0 fully saturated rings. The summed E-state index contributed by atoms with van der Waals surface area (Å²) in [7, 11) is 0. The molecule has 0 bridgehead atoms. The third-order valence-electron chi connectivity index (χ3n) is 15.5. The molecule has 338 valence electrons. The van der Waals surface area contributed by atoms with Crippen LogP contribution in [0.15, 0.2) is 235 Å². The Kier molecular flexibility index (Phi) is 8.25. The molecule has 1 aliphatic carbocycles. The van der Waals surface area contributed by atoms with E-state index in [1.54, 1.807) is 0 Å². The standard InChI is InChI=1S/C65H37N7S/c1-66-41-24-27-57-48(36-41)46-15-4-6-18-53(46)70(57)42-25-29-62-52(37-42)65(49-16-10-31-68-63(49)64-50(65)17-11-32-69-64)51-35-40(23-28-61(51)73-62)39-22-26-58-47(34-39)45-14-5-9-21-56(45)72(58)60-38-67-33-30-59(60)71-54-19-7-2-12-43(54)44-13-3-8-20-55(44)71/h2-38H. The summed E-state index contributed by atoms with van der Waals surface area (Å²) in [6, 6.07) is 72.4. The zero-order valence-electron chi connectivity index (χ0n) is 38.9. The van der Waals surface area contributed by atoms with E-state index in [-0.39, 0.29) is 0 Å². The zero-order chi connectivity index (χ0) is 47.9. The molecule has 7 nitrogen and oxygen atoms in total. The number of hydrogen-bond donors (Lipinski definition) is 0. The molecular formula is C65H37N7S. The Morgan fingerprint density at radius 1 is 0.397 bits per heavy atom. The predicted molar refractivity (Wildman–Crippen MR) is 296 cm³/mol. The third kappa shape index (κ3) is 5.41. The first-order chi connectivity index (χ1) is 36.2. The van der Waals surface area contributed by atoms with Crippen LogP contribution in [0.3, 0.4) is 0 Å². The van der Waals surface area contributed by atoms with Gasteiger partial charge in [0.2, 0.25) is 0 Å². The molecule has 8 aromatic carbocycles. The lowest BCUT2D eigenvalue weighted by Gasteiger charge is -2.39. The predicted octanol–water partition coefficient (Wildman–Crippen LogP) is 16.2. The van der Waals surface area contributed by atoms with E-state index in [9.17, 15) is 0 Å². The Bertz CT molecular complexity index is 4660. The van der Waals surface area contributed by atoms with Crippen molar-refractivity contribution >= 4 is 82.9 Å². The van der Waals surface area contributed by atoms with E-state index in [0.29, 0.717) is 5.69 Å².